The molecule has 0 bridgehead atoms. The first-order valence-electron chi connectivity index (χ1n) is 7.19. The number of nitriles is 1. The second-order valence-electron chi connectivity index (χ2n) is 5.00. The summed E-state index contributed by atoms with van der Waals surface area (Å²) >= 11 is 0. The molecule has 0 saturated heterocycles. The molecule has 0 heterocycles. The first kappa shape index (κ1) is 18.8. The molecular weight excluding hydrogens is 351 g/mol. The lowest BCUT2D eigenvalue weighted by Crippen LogP contribution is -2.43. The van der Waals surface area contributed by atoms with E-state index in [4.69, 9.17) is 10.00 Å². The number of rotatable bonds is 4. The van der Waals surface area contributed by atoms with Crippen molar-refractivity contribution in [2.24, 2.45) is 0 Å². The van der Waals surface area contributed by atoms with Crippen LogP contribution in [0.3, 0.4) is 0 Å². The number of amides is 2. The van der Waals surface area contributed by atoms with E-state index in [1.807, 2.05) is 6.07 Å². The van der Waals surface area contributed by atoms with Gasteiger partial charge in [0, 0.05) is 5.56 Å². The van der Waals surface area contributed by atoms with E-state index in [1.165, 1.54) is 24.3 Å². The predicted octanol–water partition coefficient (Wildman–Crippen LogP) is 2.42. The molecule has 2 rings (SSSR count). The number of carbonyl (C=O) groups is 2. The molecule has 2 amide bonds. The van der Waals surface area contributed by atoms with Gasteiger partial charge in [-0.25, -0.2) is 0 Å². The summed E-state index contributed by atoms with van der Waals surface area (Å²) in [5.74, 6) is -1.09. The summed E-state index contributed by atoms with van der Waals surface area (Å²) in [4.78, 5) is 23.4. The first-order chi connectivity index (χ1) is 12.3. The first-order valence-corrected chi connectivity index (χ1v) is 7.19. The van der Waals surface area contributed by atoms with Crippen LogP contribution in [0.15, 0.2) is 48.5 Å². The number of benzene rings is 2. The number of hydrogen-bond donors (Lipinski definition) is 2. The number of hydrazine groups is 1. The van der Waals surface area contributed by atoms with Crippen molar-refractivity contribution in [3.05, 3.63) is 65.2 Å². The summed E-state index contributed by atoms with van der Waals surface area (Å²) in [5.41, 5.74) is 3.65. The van der Waals surface area contributed by atoms with Crippen LogP contribution in [-0.4, -0.2) is 18.4 Å². The molecule has 0 fully saturated rings. The largest absolute Gasteiger partial charge is 0.484 e. The topological polar surface area (TPSA) is 91.2 Å². The summed E-state index contributed by atoms with van der Waals surface area (Å²) < 4.78 is 42.5. The summed E-state index contributed by atoms with van der Waals surface area (Å²) in [6.07, 6.45) is -4.49. The molecule has 0 radical (unpaired) electrons. The van der Waals surface area contributed by atoms with Crippen molar-refractivity contribution in [1.82, 2.24) is 10.9 Å². The summed E-state index contributed by atoms with van der Waals surface area (Å²) in [6.45, 7) is -0.404. The molecule has 0 aliphatic heterocycles. The quantitative estimate of drug-likeness (QED) is 0.816. The molecule has 0 spiro atoms. The maximum Gasteiger partial charge on any atom is 0.416 e. The Morgan fingerprint density at radius 2 is 1.62 bits per heavy atom. The molecular formula is C17H12F3N3O3. The van der Waals surface area contributed by atoms with Gasteiger partial charge in [-0.2, -0.15) is 18.4 Å². The van der Waals surface area contributed by atoms with Crippen LogP contribution in [0.2, 0.25) is 0 Å². The van der Waals surface area contributed by atoms with Crippen molar-refractivity contribution in [2.45, 2.75) is 6.18 Å². The number of nitrogens with zero attached hydrogens (tertiary/aromatic N) is 1. The maximum atomic E-state index is 12.5. The van der Waals surface area contributed by atoms with Gasteiger partial charge in [-0.05, 0) is 48.5 Å². The zero-order valence-electron chi connectivity index (χ0n) is 13.1. The lowest BCUT2D eigenvalue weighted by molar-refractivity contribution is -0.137. The van der Waals surface area contributed by atoms with Crippen LogP contribution in [-0.2, 0) is 11.0 Å². The molecule has 26 heavy (non-hydrogen) atoms. The highest BCUT2D eigenvalue weighted by molar-refractivity contribution is 5.95. The Morgan fingerprint density at radius 3 is 2.15 bits per heavy atom. The highest BCUT2D eigenvalue weighted by Crippen LogP contribution is 2.29. The highest BCUT2D eigenvalue weighted by Gasteiger charge is 2.30. The standard InChI is InChI=1S/C17H12F3N3O3/c18-17(19,20)13-5-3-12(4-6-13)16(25)23-22-15(24)10-26-14-7-1-11(9-21)2-8-14/h1-8H,10H2,(H,22,24)(H,23,25). The van der Waals surface area contributed by atoms with Crippen LogP contribution >= 0.6 is 0 Å². The van der Waals surface area contributed by atoms with Crippen molar-refractivity contribution in [2.75, 3.05) is 6.61 Å². The molecule has 0 aliphatic rings. The molecule has 9 heteroatoms. The molecule has 0 aromatic heterocycles. The van der Waals surface area contributed by atoms with Gasteiger partial charge in [0.15, 0.2) is 6.61 Å². The molecule has 134 valence electrons. The highest BCUT2D eigenvalue weighted by atomic mass is 19.4. The monoisotopic (exact) mass is 363 g/mol. The Hall–Kier alpha value is -3.54. The average Bonchev–Trinajstić information content (AvgIpc) is 2.64. The third-order valence-electron chi connectivity index (χ3n) is 3.14. The number of halogens is 3. The van der Waals surface area contributed by atoms with Crippen molar-refractivity contribution in [3.8, 4) is 11.8 Å². The molecule has 2 aromatic rings. The fraction of sp³-hybridized carbons (Fsp3) is 0.118. The Bertz CT molecular complexity index is 826. The van der Waals surface area contributed by atoms with E-state index < -0.39 is 30.2 Å². The minimum Gasteiger partial charge on any atom is -0.484 e. The van der Waals surface area contributed by atoms with Gasteiger partial charge in [-0.3, -0.25) is 20.4 Å². The van der Waals surface area contributed by atoms with Gasteiger partial charge in [0.05, 0.1) is 17.2 Å². The van der Waals surface area contributed by atoms with Gasteiger partial charge >= 0.3 is 6.18 Å². The molecule has 0 atom stereocenters. The molecule has 6 nitrogen and oxygen atoms in total. The van der Waals surface area contributed by atoms with Gasteiger partial charge in [0.25, 0.3) is 11.8 Å². The maximum absolute atomic E-state index is 12.5. The zero-order chi connectivity index (χ0) is 19.2. The Balaban J connectivity index is 1.81. The predicted molar refractivity (Wildman–Crippen MR) is 83.7 cm³/mol. The Labute approximate surface area is 146 Å². The van der Waals surface area contributed by atoms with Crippen LogP contribution in [0, 0.1) is 11.3 Å². The lowest BCUT2D eigenvalue weighted by Gasteiger charge is -2.10. The molecule has 2 N–H and O–H groups in total. The Morgan fingerprint density at radius 1 is 1.00 bits per heavy atom. The van der Waals surface area contributed by atoms with Crippen molar-refractivity contribution < 1.29 is 27.5 Å². The third kappa shape index (κ3) is 5.24. The second-order valence-corrected chi connectivity index (χ2v) is 5.00. The van der Waals surface area contributed by atoms with E-state index in [2.05, 4.69) is 10.9 Å². The smallest absolute Gasteiger partial charge is 0.416 e. The summed E-state index contributed by atoms with van der Waals surface area (Å²) in [5, 5.41) is 8.67. The fourth-order valence-corrected chi connectivity index (χ4v) is 1.82. The van der Waals surface area contributed by atoms with E-state index >= 15 is 0 Å². The summed E-state index contributed by atoms with van der Waals surface area (Å²) in [7, 11) is 0. The molecule has 0 unspecified atom stereocenters. The van der Waals surface area contributed by atoms with Crippen LogP contribution < -0.4 is 15.6 Å². The summed E-state index contributed by atoms with van der Waals surface area (Å²) in [6, 6.07) is 11.5. The van der Waals surface area contributed by atoms with Gasteiger partial charge < -0.3 is 4.74 Å². The van der Waals surface area contributed by atoms with Crippen molar-refractivity contribution in [3.63, 3.8) is 0 Å². The number of carbonyl (C=O) groups excluding carboxylic acids is 2. The van der Waals surface area contributed by atoms with Gasteiger partial charge in [-0.1, -0.05) is 0 Å². The Kier molecular flexibility index (Phi) is 5.80. The molecule has 0 aliphatic carbocycles. The SMILES string of the molecule is N#Cc1ccc(OCC(=O)NNC(=O)c2ccc(C(F)(F)F)cc2)cc1. The lowest BCUT2D eigenvalue weighted by atomic mass is 10.1. The normalized spacial score (nSPS) is 10.5. The van der Waals surface area contributed by atoms with Crippen LogP contribution in [0.25, 0.3) is 0 Å². The van der Waals surface area contributed by atoms with Crippen LogP contribution in [0.1, 0.15) is 21.5 Å². The number of ether oxygens (including phenoxy) is 1. The number of hydrogen-bond acceptors (Lipinski definition) is 4. The van der Waals surface area contributed by atoms with Crippen LogP contribution in [0.4, 0.5) is 13.2 Å². The van der Waals surface area contributed by atoms with E-state index in [0.29, 0.717) is 11.3 Å². The van der Waals surface area contributed by atoms with E-state index in [1.54, 1.807) is 0 Å². The van der Waals surface area contributed by atoms with E-state index in [-0.39, 0.29) is 5.56 Å². The van der Waals surface area contributed by atoms with Crippen molar-refractivity contribution >= 4 is 11.8 Å². The van der Waals surface area contributed by atoms with Gasteiger partial charge in [-0.15, -0.1) is 0 Å². The minimum atomic E-state index is -4.49. The van der Waals surface area contributed by atoms with E-state index in [9.17, 15) is 22.8 Å². The molecule has 2 aromatic carbocycles. The van der Waals surface area contributed by atoms with Gasteiger partial charge in [0.1, 0.15) is 5.75 Å². The van der Waals surface area contributed by atoms with E-state index in [0.717, 1.165) is 24.3 Å². The number of nitrogens with one attached hydrogen (secondary N) is 2. The van der Waals surface area contributed by atoms with Crippen LogP contribution in [0.5, 0.6) is 5.75 Å². The van der Waals surface area contributed by atoms with Gasteiger partial charge in [0.2, 0.25) is 0 Å². The minimum absolute atomic E-state index is 0.0497. The third-order valence-corrected chi connectivity index (χ3v) is 3.14. The molecule has 0 saturated carbocycles. The second kappa shape index (κ2) is 8.02. The average molecular weight is 363 g/mol. The van der Waals surface area contributed by atoms with Crippen molar-refractivity contribution in [1.29, 1.82) is 5.26 Å². The fourth-order valence-electron chi connectivity index (χ4n) is 1.82. The zero-order valence-corrected chi connectivity index (χ0v) is 13.1. The number of alkyl halides is 3.